The van der Waals surface area contributed by atoms with Gasteiger partial charge < -0.3 is 4.84 Å². The SMILES string of the molecule is CSC1=NOC(c2ccc(C(F)(F)F)cc2S(C)(=O)=O)C1(Br)C(=O)C1CC1. The highest BCUT2D eigenvalue weighted by Gasteiger charge is 2.58. The lowest BCUT2D eigenvalue weighted by molar-refractivity contribution is -0.137. The van der Waals surface area contributed by atoms with Gasteiger partial charge in [-0.15, -0.1) is 11.8 Å². The second-order valence-corrected chi connectivity index (χ2v) is 10.5. The van der Waals surface area contributed by atoms with Gasteiger partial charge in [0.05, 0.1) is 10.5 Å². The molecule has 2 unspecified atom stereocenters. The lowest BCUT2D eigenvalue weighted by atomic mass is 9.90. The summed E-state index contributed by atoms with van der Waals surface area (Å²) in [6.45, 7) is 0. The van der Waals surface area contributed by atoms with Crippen LogP contribution in [0.2, 0.25) is 0 Å². The number of thioether (sulfide) groups is 1. The van der Waals surface area contributed by atoms with Crippen LogP contribution >= 0.6 is 27.7 Å². The topological polar surface area (TPSA) is 72.8 Å². The van der Waals surface area contributed by atoms with Crippen LogP contribution in [0.25, 0.3) is 0 Å². The molecular weight excluding hydrogens is 471 g/mol. The molecule has 0 bridgehead atoms. The molecule has 0 N–H and O–H groups in total. The zero-order valence-corrected chi connectivity index (χ0v) is 17.4. The lowest BCUT2D eigenvalue weighted by Crippen LogP contribution is -2.43. The Balaban J connectivity index is 2.16. The monoisotopic (exact) mass is 485 g/mol. The van der Waals surface area contributed by atoms with Crippen molar-refractivity contribution in [1.82, 2.24) is 0 Å². The Morgan fingerprint density at radius 2 is 2.00 bits per heavy atom. The summed E-state index contributed by atoms with van der Waals surface area (Å²) in [7, 11) is -4.03. The summed E-state index contributed by atoms with van der Waals surface area (Å²) in [4.78, 5) is 17.8. The van der Waals surface area contributed by atoms with E-state index in [1.54, 1.807) is 6.26 Å². The number of Topliss-reactive ketones (excluding diaryl/α,β-unsaturated/α-hetero) is 1. The minimum absolute atomic E-state index is 0.0378. The molecule has 0 amide bonds. The van der Waals surface area contributed by atoms with E-state index in [-0.39, 0.29) is 17.3 Å². The fourth-order valence-electron chi connectivity index (χ4n) is 2.93. The summed E-state index contributed by atoms with van der Waals surface area (Å²) in [6, 6.07) is 2.39. The van der Waals surface area contributed by atoms with Crippen LogP contribution in [0.4, 0.5) is 13.2 Å². The Morgan fingerprint density at radius 1 is 1.37 bits per heavy atom. The van der Waals surface area contributed by atoms with Crippen LogP contribution in [-0.2, 0) is 25.6 Å². The van der Waals surface area contributed by atoms with Crippen molar-refractivity contribution in [1.29, 1.82) is 0 Å². The first-order valence-electron chi connectivity index (χ1n) is 7.83. The predicted molar refractivity (Wildman–Crippen MR) is 98.7 cm³/mol. The van der Waals surface area contributed by atoms with Crippen LogP contribution in [0.5, 0.6) is 0 Å². The van der Waals surface area contributed by atoms with Crippen LogP contribution in [0.1, 0.15) is 30.1 Å². The Bertz CT molecular complexity index is 928. The maximum atomic E-state index is 13.1. The molecule has 0 spiro atoms. The minimum Gasteiger partial charge on any atom is -0.384 e. The number of oxime groups is 1. The van der Waals surface area contributed by atoms with Gasteiger partial charge >= 0.3 is 6.18 Å². The maximum Gasteiger partial charge on any atom is 0.416 e. The summed E-state index contributed by atoms with van der Waals surface area (Å²) >= 11 is 4.56. The van der Waals surface area contributed by atoms with Crippen LogP contribution in [-0.4, -0.2) is 36.1 Å². The fraction of sp³-hybridized carbons (Fsp3) is 0.500. The van der Waals surface area contributed by atoms with E-state index in [9.17, 15) is 26.4 Å². The number of sulfone groups is 1. The van der Waals surface area contributed by atoms with Crippen molar-refractivity contribution in [2.45, 2.75) is 34.3 Å². The standard InChI is InChI=1S/C16H15BrF3NO4S2/c1-26-14-15(17,12(22)8-3-4-8)13(25-21-14)10-6-5-9(16(18,19)20)7-11(10)27(2,23)24/h5-8,13H,3-4H2,1-2H3. The Hall–Kier alpha value is -1.07. The van der Waals surface area contributed by atoms with E-state index < -0.39 is 36.9 Å². The van der Waals surface area contributed by atoms with Crippen molar-refractivity contribution >= 4 is 48.4 Å². The van der Waals surface area contributed by atoms with E-state index in [1.807, 2.05) is 0 Å². The molecule has 3 rings (SSSR count). The van der Waals surface area contributed by atoms with Crippen LogP contribution < -0.4 is 0 Å². The molecule has 0 radical (unpaired) electrons. The minimum atomic E-state index is -4.70. The molecule has 2 atom stereocenters. The first-order valence-corrected chi connectivity index (χ1v) is 11.7. The van der Waals surface area contributed by atoms with Gasteiger partial charge in [0.1, 0.15) is 5.04 Å². The van der Waals surface area contributed by atoms with Crippen molar-refractivity contribution in [2.24, 2.45) is 11.1 Å². The number of halogens is 4. The van der Waals surface area contributed by atoms with Gasteiger partial charge in [0, 0.05) is 17.7 Å². The highest BCUT2D eigenvalue weighted by Crippen LogP contribution is 2.51. The predicted octanol–water partition coefficient (Wildman–Crippen LogP) is 3.97. The van der Waals surface area contributed by atoms with Gasteiger partial charge in [-0.1, -0.05) is 27.2 Å². The van der Waals surface area contributed by atoms with Crippen molar-refractivity contribution < 1.29 is 31.2 Å². The number of nitrogens with zero attached hydrogens (tertiary/aromatic N) is 1. The second-order valence-electron chi connectivity index (χ2n) is 6.46. The van der Waals surface area contributed by atoms with E-state index in [0.29, 0.717) is 24.0 Å². The Morgan fingerprint density at radius 3 is 2.48 bits per heavy atom. The molecule has 1 fully saturated rings. The van der Waals surface area contributed by atoms with Crippen molar-refractivity contribution in [3.63, 3.8) is 0 Å². The van der Waals surface area contributed by atoms with Gasteiger partial charge in [-0.05, 0) is 31.2 Å². The number of rotatable bonds is 4. The Kier molecular flexibility index (Phi) is 5.18. The summed E-state index contributed by atoms with van der Waals surface area (Å²) in [5.74, 6) is -0.417. The average molecular weight is 486 g/mol. The van der Waals surface area contributed by atoms with Gasteiger partial charge in [0.2, 0.25) is 0 Å². The van der Waals surface area contributed by atoms with E-state index >= 15 is 0 Å². The number of carbonyl (C=O) groups excluding carboxylic acids is 1. The van der Waals surface area contributed by atoms with Crippen molar-refractivity contribution in [2.75, 3.05) is 12.5 Å². The second kappa shape index (κ2) is 6.77. The average Bonchev–Trinajstić information content (AvgIpc) is 3.35. The first kappa shape index (κ1) is 20.7. The van der Waals surface area contributed by atoms with E-state index in [2.05, 4.69) is 21.1 Å². The lowest BCUT2D eigenvalue weighted by Gasteiger charge is -2.28. The molecule has 2 aliphatic rings. The third-order valence-electron chi connectivity index (χ3n) is 4.44. The van der Waals surface area contributed by atoms with E-state index in [0.717, 1.165) is 30.2 Å². The molecule has 1 heterocycles. The highest BCUT2D eigenvalue weighted by atomic mass is 79.9. The van der Waals surface area contributed by atoms with Gasteiger partial charge in [-0.25, -0.2) is 8.42 Å². The molecule has 148 valence electrons. The smallest absolute Gasteiger partial charge is 0.384 e. The zero-order valence-electron chi connectivity index (χ0n) is 14.2. The van der Waals surface area contributed by atoms with Crippen LogP contribution in [0.15, 0.2) is 28.3 Å². The molecule has 1 aromatic carbocycles. The summed E-state index contributed by atoms with van der Waals surface area (Å²) in [6.07, 6.45) is -1.98. The molecule has 11 heteroatoms. The van der Waals surface area contributed by atoms with Crippen LogP contribution in [0, 0.1) is 5.92 Å². The van der Waals surface area contributed by atoms with Crippen molar-refractivity contribution in [3.05, 3.63) is 29.3 Å². The molecule has 5 nitrogen and oxygen atoms in total. The molecule has 27 heavy (non-hydrogen) atoms. The first-order chi connectivity index (χ1) is 12.4. The van der Waals surface area contributed by atoms with Crippen LogP contribution in [0.3, 0.4) is 0 Å². The largest absolute Gasteiger partial charge is 0.416 e. The fourth-order valence-corrected chi connectivity index (χ4v) is 5.71. The maximum absolute atomic E-state index is 13.1. The van der Waals surface area contributed by atoms with Crippen molar-refractivity contribution in [3.8, 4) is 0 Å². The molecule has 1 aromatic rings. The highest BCUT2D eigenvalue weighted by molar-refractivity contribution is 9.10. The van der Waals surface area contributed by atoms with E-state index in [4.69, 9.17) is 4.84 Å². The Labute approximate surface area is 166 Å². The van der Waals surface area contributed by atoms with Gasteiger partial charge in [-0.3, -0.25) is 4.79 Å². The zero-order chi connectivity index (χ0) is 20.2. The number of hydrogen-bond acceptors (Lipinski definition) is 6. The molecular formula is C16H15BrF3NO4S2. The van der Waals surface area contributed by atoms with Gasteiger partial charge in [0.15, 0.2) is 26.0 Å². The molecule has 1 saturated carbocycles. The number of ketones is 1. The third-order valence-corrected chi connectivity index (χ3v) is 7.82. The number of hydrogen-bond donors (Lipinski definition) is 0. The number of benzene rings is 1. The van der Waals surface area contributed by atoms with Gasteiger partial charge in [-0.2, -0.15) is 13.2 Å². The van der Waals surface area contributed by atoms with Gasteiger partial charge in [0.25, 0.3) is 0 Å². The molecule has 1 aliphatic heterocycles. The summed E-state index contributed by atoms with van der Waals surface area (Å²) in [5, 5.41) is 4.19. The summed E-state index contributed by atoms with van der Waals surface area (Å²) in [5.41, 5.74) is -1.13. The molecule has 0 saturated heterocycles. The molecule has 0 aromatic heterocycles. The third kappa shape index (κ3) is 3.65. The van der Waals surface area contributed by atoms with E-state index in [1.165, 1.54) is 0 Å². The quantitative estimate of drug-likeness (QED) is 0.603. The number of alkyl halides is 4. The summed E-state index contributed by atoms with van der Waals surface area (Å²) < 4.78 is 62.2. The normalized spacial score (nSPS) is 25.9. The number of carbonyl (C=O) groups is 1. The molecule has 1 aliphatic carbocycles.